The lowest BCUT2D eigenvalue weighted by Crippen LogP contribution is -2.24. The van der Waals surface area contributed by atoms with Gasteiger partial charge in [-0.1, -0.05) is 18.2 Å². The average molecular weight is 288 g/mol. The number of carbonyl (C=O) groups excluding carboxylic acids is 1. The van der Waals surface area contributed by atoms with Crippen LogP contribution in [0.1, 0.15) is 31.1 Å². The number of benzene rings is 1. The van der Waals surface area contributed by atoms with Crippen LogP contribution in [-0.4, -0.2) is 28.0 Å². The number of anilines is 1. The maximum Gasteiger partial charge on any atom is 0.254 e. The van der Waals surface area contributed by atoms with Gasteiger partial charge in [0.1, 0.15) is 12.3 Å². The summed E-state index contributed by atoms with van der Waals surface area (Å²) in [7, 11) is 0. The van der Waals surface area contributed by atoms with Crippen molar-refractivity contribution in [1.29, 1.82) is 0 Å². The number of ether oxygens (including phenoxy) is 1. The predicted octanol–water partition coefficient (Wildman–Crippen LogP) is 2.16. The van der Waals surface area contributed by atoms with Crippen LogP contribution in [0.4, 0.5) is 5.82 Å². The molecule has 21 heavy (non-hydrogen) atoms. The summed E-state index contributed by atoms with van der Waals surface area (Å²) in [6.45, 7) is 6.10. The second kappa shape index (κ2) is 5.97. The summed E-state index contributed by atoms with van der Waals surface area (Å²) in [5.74, 6) is -0.119. The van der Waals surface area contributed by atoms with E-state index in [4.69, 9.17) is 10.5 Å². The number of rotatable bonds is 5. The second-order valence-corrected chi connectivity index (χ2v) is 5.61. The predicted molar refractivity (Wildman–Crippen MR) is 81.4 cm³/mol. The number of amides is 1. The van der Waals surface area contributed by atoms with Crippen LogP contribution in [0.25, 0.3) is 5.69 Å². The highest BCUT2D eigenvalue weighted by Gasteiger charge is 2.16. The van der Waals surface area contributed by atoms with E-state index >= 15 is 0 Å². The summed E-state index contributed by atoms with van der Waals surface area (Å²) < 4.78 is 7.18. The van der Waals surface area contributed by atoms with Crippen molar-refractivity contribution in [1.82, 2.24) is 9.78 Å². The normalized spacial score (nSPS) is 11.4. The van der Waals surface area contributed by atoms with Gasteiger partial charge in [-0.2, -0.15) is 0 Å². The molecule has 0 aliphatic rings. The minimum Gasteiger partial charge on any atom is -0.365 e. The van der Waals surface area contributed by atoms with Gasteiger partial charge in [0.05, 0.1) is 11.3 Å². The number of nitrogens with one attached hydrogen (secondary N) is 1. The van der Waals surface area contributed by atoms with E-state index in [2.05, 4.69) is 10.4 Å². The smallest absolute Gasteiger partial charge is 0.254 e. The Hall–Kier alpha value is -2.34. The van der Waals surface area contributed by atoms with E-state index in [0.717, 1.165) is 5.69 Å². The lowest BCUT2D eigenvalue weighted by atomic mass is 10.2. The first-order valence-electron chi connectivity index (χ1n) is 6.69. The monoisotopic (exact) mass is 288 g/mol. The Morgan fingerprint density at radius 3 is 2.57 bits per heavy atom. The molecule has 0 atom stereocenters. The fraction of sp³-hybridized carbons (Fsp3) is 0.333. The van der Waals surface area contributed by atoms with Crippen molar-refractivity contribution in [3.05, 3.63) is 42.1 Å². The first kappa shape index (κ1) is 15.1. The van der Waals surface area contributed by atoms with Gasteiger partial charge in [-0.3, -0.25) is 4.79 Å². The number of aromatic nitrogens is 2. The van der Waals surface area contributed by atoms with Crippen molar-refractivity contribution in [3.8, 4) is 5.69 Å². The fourth-order valence-electron chi connectivity index (χ4n) is 1.72. The van der Waals surface area contributed by atoms with Gasteiger partial charge >= 0.3 is 0 Å². The van der Waals surface area contributed by atoms with E-state index in [1.54, 1.807) is 10.9 Å². The largest absolute Gasteiger partial charge is 0.365 e. The molecule has 6 heteroatoms. The summed E-state index contributed by atoms with van der Waals surface area (Å²) >= 11 is 0. The summed E-state index contributed by atoms with van der Waals surface area (Å²) in [5.41, 5.74) is 6.30. The molecule has 0 fully saturated rings. The molecule has 6 nitrogen and oxygen atoms in total. The molecule has 1 heterocycles. The Labute approximate surface area is 123 Å². The summed E-state index contributed by atoms with van der Waals surface area (Å²) in [6.07, 6.45) is 1.61. The molecule has 0 aliphatic heterocycles. The maximum atomic E-state index is 11.5. The Bertz CT molecular complexity index is 614. The molecule has 1 amide bonds. The van der Waals surface area contributed by atoms with Gasteiger partial charge in [0.25, 0.3) is 5.91 Å². The minimum atomic E-state index is -0.532. The van der Waals surface area contributed by atoms with Gasteiger partial charge in [0, 0.05) is 6.20 Å². The molecule has 1 aromatic carbocycles. The van der Waals surface area contributed by atoms with E-state index in [0.29, 0.717) is 11.4 Å². The van der Waals surface area contributed by atoms with E-state index in [-0.39, 0.29) is 12.3 Å². The van der Waals surface area contributed by atoms with Crippen LogP contribution in [0.15, 0.2) is 36.5 Å². The van der Waals surface area contributed by atoms with E-state index in [1.165, 1.54) is 0 Å². The summed E-state index contributed by atoms with van der Waals surface area (Å²) in [5, 5.41) is 7.33. The van der Waals surface area contributed by atoms with E-state index in [1.807, 2.05) is 51.1 Å². The molecule has 0 unspecified atom stereocenters. The first-order valence-corrected chi connectivity index (χ1v) is 6.69. The molecule has 2 aromatic rings. The van der Waals surface area contributed by atoms with Gasteiger partial charge in [-0.25, -0.2) is 4.68 Å². The van der Waals surface area contributed by atoms with Crippen molar-refractivity contribution in [2.75, 3.05) is 12.0 Å². The van der Waals surface area contributed by atoms with Crippen LogP contribution >= 0.6 is 0 Å². The van der Waals surface area contributed by atoms with Gasteiger partial charge < -0.3 is 15.8 Å². The van der Waals surface area contributed by atoms with Crippen molar-refractivity contribution in [2.45, 2.75) is 26.4 Å². The highest BCUT2D eigenvalue weighted by Crippen LogP contribution is 2.17. The first-order chi connectivity index (χ1) is 9.87. The Morgan fingerprint density at radius 2 is 2.00 bits per heavy atom. The Kier molecular flexibility index (Phi) is 4.28. The number of primary amides is 1. The third kappa shape index (κ3) is 4.06. The summed E-state index contributed by atoms with van der Waals surface area (Å²) in [6, 6.07) is 9.51. The third-order valence-electron chi connectivity index (χ3n) is 2.75. The van der Waals surface area contributed by atoms with Crippen molar-refractivity contribution in [2.24, 2.45) is 5.73 Å². The maximum absolute atomic E-state index is 11.5. The topological polar surface area (TPSA) is 82.2 Å². The molecule has 0 saturated heterocycles. The zero-order valence-electron chi connectivity index (χ0n) is 12.5. The molecule has 0 spiro atoms. The SMILES string of the molecule is CC(C)(C)OCNc1nn(-c2ccccc2)cc1C(N)=O. The standard InChI is InChI=1S/C15H20N4O2/c1-15(2,3)21-10-17-14-12(13(16)20)9-19(18-14)11-7-5-4-6-8-11/h4-9H,10H2,1-3H3,(H2,16,20)(H,17,18). The van der Waals surface area contributed by atoms with Crippen LogP contribution in [0.2, 0.25) is 0 Å². The summed E-state index contributed by atoms with van der Waals surface area (Å²) in [4.78, 5) is 11.5. The van der Waals surface area contributed by atoms with Crippen LogP contribution in [0.3, 0.4) is 0 Å². The second-order valence-electron chi connectivity index (χ2n) is 5.61. The minimum absolute atomic E-state index is 0.246. The van der Waals surface area contributed by atoms with Gasteiger partial charge in [0.15, 0.2) is 5.82 Å². The number of hydrogen-bond acceptors (Lipinski definition) is 4. The van der Waals surface area contributed by atoms with Gasteiger partial charge in [-0.15, -0.1) is 5.10 Å². The molecule has 0 radical (unpaired) electrons. The van der Waals surface area contributed by atoms with Crippen molar-refractivity contribution >= 4 is 11.7 Å². The van der Waals surface area contributed by atoms with Crippen LogP contribution in [0.5, 0.6) is 0 Å². The Morgan fingerprint density at radius 1 is 1.33 bits per heavy atom. The molecule has 0 bridgehead atoms. The number of carbonyl (C=O) groups is 1. The van der Waals surface area contributed by atoms with E-state index in [9.17, 15) is 4.79 Å². The third-order valence-corrected chi connectivity index (χ3v) is 2.75. The molecule has 1 aromatic heterocycles. The molecular weight excluding hydrogens is 268 g/mol. The molecule has 3 N–H and O–H groups in total. The van der Waals surface area contributed by atoms with Crippen molar-refractivity contribution < 1.29 is 9.53 Å². The van der Waals surface area contributed by atoms with Crippen LogP contribution in [-0.2, 0) is 4.74 Å². The highest BCUT2D eigenvalue weighted by atomic mass is 16.5. The fourth-order valence-corrected chi connectivity index (χ4v) is 1.72. The lowest BCUT2D eigenvalue weighted by Gasteiger charge is -2.19. The highest BCUT2D eigenvalue weighted by molar-refractivity contribution is 5.97. The molecule has 112 valence electrons. The molecule has 2 rings (SSSR count). The Balaban J connectivity index is 2.20. The zero-order chi connectivity index (χ0) is 15.5. The lowest BCUT2D eigenvalue weighted by molar-refractivity contribution is 0.00832. The zero-order valence-corrected chi connectivity index (χ0v) is 12.5. The molecule has 0 saturated carbocycles. The quantitative estimate of drug-likeness (QED) is 0.826. The van der Waals surface area contributed by atoms with Crippen LogP contribution < -0.4 is 11.1 Å². The van der Waals surface area contributed by atoms with E-state index < -0.39 is 5.91 Å². The number of nitrogens with zero attached hydrogens (tertiary/aromatic N) is 2. The number of para-hydroxylation sites is 1. The van der Waals surface area contributed by atoms with Gasteiger partial charge in [-0.05, 0) is 32.9 Å². The average Bonchev–Trinajstić information content (AvgIpc) is 2.83. The number of nitrogens with two attached hydrogens (primary N) is 1. The van der Waals surface area contributed by atoms with Crippen LogP contribution in [0, 0.1) is 0 Å². The van der Waals surface area contributed by atoms with Crippen molar-refractivity contribution in [3.63, 3.8) is 0 Å². The number of hydrogen-bond donors (Lipinski definition) is 2. The molecular formula is C15H20N4O2. The molecule has 0 aliphatic carbocycles. The van der Waals surface area contributed by atoms with Gasteiger partial charge in [0.2, 0.25) is 0 Å².